The molecule has 2 aliphatic heterocycles. The number of ketones is 1. The molecule has 0 radical (unpaired) electrons. The van der Waals surface area contributed by atoms with Crippen LogP contribution in [-0.2, 0) is 20.7 Å². The second kappa shape index (κ2) is 12.6. The lowest BCUT2D eigenvalue weighted by atomic mass is 9.52. The Morgan fingerprint density at radius 3 is 2.74 bits per heavy atom. The van der Waals surface area contributed by atoms with Crippen LogP contribution in [0.15, 0.2) is 41.5 Å². The fraction of sp³-hybridized carbons (Fsp3) is 0.730. The van der Waals surface area contributed by atoms with Crippen molar-refractivity contribution in [2.24, 2.45) is 35.0 Å². The van der Waals surface area contributed by atoms with E-state index < -0.39 is 0 Å². The fourth-order valence-corrected chi connectivity index (χ4v) is 9.98. The molecule has 8 atom stereocenters. The molecule has 2 heterocycles. The number of hydrogen-bond acceptors (Lipinski definition) is 4. The highest BCUT2D eigenvalue weighted by Crippen LogP contribution is 2.63. The second-order valence-electron chi connectivity index (χ2n) is 15.1. The first kappa shape index (κ1) is 30.1. The smallest absolute Gasteiger partial charge is 0.236 e. The number of carbonyl (C=O) groups excluding carboxylic acids is 2. The number of benzene rings is 1. The van der Waals surface area contributed by atoms with E-state index in [0.29, 0.717) is 41.5 Å². The van der Waals surface area contributed by atoms with Gasteiger partial charge < -0.3 is 9.64 Å². The summed E-state index contributed by atoms with van der Waals surface area (Å²) in [6.45, 7) is 10.2. The number of carbonyl (C=O) groups is 2. The van der Waals surface area contributed by atoms with Crippen molar-refractivity contribution in [3.8, 4) is 0 Å². The normalized spacial score (nSPS) is 39.0. The van der Waals surface area contributed by atoms with E-state index in [4.69, 9.17) is 4.74 Å². The van der Waals surface area contributed by atoms with Crippen molar-refractivity contribution in [2.75, 3.05) is 33.3 Å². The highest BCUT2D eigenvalue weighted by Gasteiger charge is 2.55. The lowest BCUT2D eigenvalue weighted by Gasteiger charge is -2.52. The first-order valence-electron chi connectivity index (χ1n) is 17.1. The van der Waals surface area contributed by atoms with E-state index in [1.165, 1.54) is 43.2 Å². The van der Waals surface area contributed by atoms with Crippen LogP contribution in [-0.4, -0.2) is 66.9 Å². The van der Waals surface area contributed by atoms with Gasteiger partial charge in [0.2, 0.25) is 5.91 Å². The van der Waals surface area contributed by atoms with Gasteiger partial charge in [0.25, 0.3) is 0 Å². The topological polar surface area (TPSA) is 49.9 Å². The highest BCUT2D eigenvalue weighted by atomic mass is 16.5. The van der Waals surface area contributed by atoms with E-state index in [1.807, 2.05) is 18.0 Å². The van der Waals surface area contributed by atoms with Crippen LogP contribution in [0.4, 0.5) is 0 Å². The number of nitrogens with zero attached hydrogens (tertiary/aromatic N) is 2. The quantitative estimate of drug-likeness (QED) is 0.367. The maximum Gasteiger partial charge on any atom is 0.236 e. The van der Waals surface area contributed by atoms with Gasteiger partial charge in [0.1, 0.15) is 5.78 Å². The Bertz CT molecular complexity index is 1160. The first-order valence-corrected chi connectivity index (χ1v) is 17.1. The van der Waals surface area contributed by atoms with Gasteiger partial charge >= 0.3 is 0 Å². The average molecular weight is 575 g/mol. The zero-order valence-electron chi connectivity index (χ0n) is 26.7. The molecule has 230 valence electrons. The summed E-state index contributed by atoms with van der Waals surface area (Å²) in [6.07, 6.45) is 12.2. The molecule has 5 aliphatic rings. The number of likely N-dealkylation sites (N-methyl/N-ethyl adjacent to an activating group) is 1. The van der Waals surface area contributed by atoms with Gasteiger partial charge in [-0.1, -0.05) is 56.2 Å². The molecular formula is C37H54N2O3. The number of ether oxygens (including phenoxy) is 1. The third-order valence-electron chi connectivity index (χ3n) is 12.5. The summed E-state index contributed by atoms with van der Waals surface area (Å²) in [6, 6.07) is 10.8. The minimum absolute atomic E-state index is 0.193. The number of fused-ring (bicyclic) bond motifs is 6. The molecule has 1 aromatic carbocycles. The summed E-state index contributed by atoms with van der Waals surface area (Å²) in [4.78, 5) is 30.2. The number of rotatable bonds is 5. The van der Waals surface area contributed by atoms with Gasteiger partial charge in [-0.3, -0.25) is 14.5 Å². The van der Waals surface area contributed by atoms with Crippen LogP contribution in [0.3, 0.4) is 0 Å². The molecule has 5 nitrogen and oxygen atoms in total. The van der Waals surface area contributed by atoms with Crippen LogP contribution in [0, 0.1) is 35.0 Å². The predicted octanol–water partition coefficient (Wildman–Crippen LogP) is 6.71. The summed E-state index contributed by atoms with van der Waals surface area (Å²) in [5.74, 6) is 4.01. The average Bonchev–Trinajstić information content (AvgIpc) is 3.36. The van der Waals surface area contributed by atoms with Crippen LogP contribution in [0.2, 0.25) is 0 Å². The van der Waals surface area contributed by atoms with Gasteiger partial charge in [-0.15, -0.1) is 0 Å². The van der Waals surface area contributed by atoms with Crippen LogP contribution in [0.1, 0.15) is 90.5 Å². The summed E-state index contributed by atoms with van der Waals surface area (Å²) in [7, 11) is 1.96. The summed E-state index contributed by atoms with van der Waals surface area (Å²) in [5.41, 5.74) is 4.79. The molecule has 0 spiro atoms. The first-order chi connectivity index (χ1) is 20.2. The number of Topliss-reactive ketones (excluding diaryl/α,β-unsaturated/α-hetero) is 1. The number of likely N-dealkylation sites (tertiary alicyclic amines) is 1. The van der Waals surface area contributed by atoms with Crippen molar-refractivity contribution in [1.29, 1.82) is 0 Å². The Morgan fingerprint density at radius 1 is 1.12 bits per heavy atom. The fourth-order valence-electron chi connectivity index (χ4n) is 9.98. The molecule has 1 amide bonds. The minimum Gasteiger partial charge on any atom is -0.372 e. The summed E-state index contributed by atoms with van der Waals surface area (Å²) >= 11 is 0. The van der Waals surface area contributed by atoms with Crippen molar-refractivity contribution >= 4 is 11.7 Å². The van der Waals surface area contributed by atoms with Crippen LogP contribution in [0.25, 0.3) is 0 Å². The molecule has 0 N–H and O–H groups in total. The summed E-state index contributed by atoms with van der Waals surface area (Å²) < 4.78 is 6.82. The largest absolute Gasteiger partial charge is 0.372 e. The number of allylic oxidation sites excluding steroid dienone is 1. The van der Waals surface area contributed by atoms with Gasteiger partial charge in [-0.05, 0) is 104 Å². The maximum atomic E-state index is 13.4. The SMILES string of the molecule is C/C1=C2\C[C@H]3[C@@H](CC[C@@H]4CC(=O)CC[C@@]43C)[C@@H]2CCCC2[C@@H](C[C@H](C)CN2CC(=O)N(C)CCc2ccccc2)OC1. The Kier molecular flexibility index (Phi) is 8.99. The molecule has 3 saturated carbocycles. The lowest BCUT2D eigenvalue weighted by Crippen LogP contribution is -2.55. The standard InChI is InChI=1S/C37H54N2O3/c1-25-19-35-34(39(22-25)23-36(41)38(4)18-16-27-9-6-5-7-10-27)12-8-11-30-31-14-13-28-20-29(40)15-17-37(28,3)33(31)21-32(30)26(2)24-42-35/h5-7,9-10,25,28,30-31,33-35H,8,11-24H2,1-4H3/b32-26-/t25-,28+,30-,31-,33-,34?,35+,37-/m0/s1. The molecular weight excluding hydrogens is 520 g/mol. The third kappa shape index (κ3) is 6.02. The van der Waals surface area contributed by atoms with E-state index in [0.717, 1.165) is 70.1 Å². The monoisotopic (exact) mass is 574 g/mol. The van der Waals surface area contributed by atoms with Crippen LogP contribution < -0.4 is 0 Å². The predicted molar refractivity (Wildman–Crippen MR) is 168 cm³/mol. The second-order valence-corrected chi connectivity index (χ2v) is 15.1. The molecule has 1 unspecified atom stereocenters. The molecule has 3 aliphatic carbocycles. The molecule has 0 aromatic heterocycles. The highest BCUT2D eigenvalue weighted by molar-refractivity contribution is 5.79. The van der Waals surface area contributed by atoms with Gasteiger partial charge in [-0.25, -0.2) is 0 Å². The molecule has 6 rings (SSSR count). The van der Waals surface area contributed by atoms with Gasteiger partial charge in [0.05, 0.1) is 19.3 Å². The van der Waals surface area contributed by atoms with E-state index in [9.17, 15) is 9.59 Å². The zero-order chi connectivity index (χ0) is 29.4. The van der Waals surface area contributed by atoms with Crippen LogP contribution in [0.5, 0.6) is 0 Å². The Morgan fingerprint density at radius 2 is 1.93 bits per heavy atom. The van der Waals surface area contributed by atoms with Crippen LogP contribution >= 0.6 is 0 Å². The molecule has 5 heteroatoms. The van der Waals surface area contributed by atoms with Crippen molar-refractivity contribution in [2.45, 2.75) is 104 Å². The van der Waals surface area contributed by atoms with Gasteiger partial charge in [-0.2, -0.15) is 0 Å². The van der Waals surface area contributed by atoms with Crippen molar-refractivity contribution in [1.82, 2.24) is 9.80 Å². The van der Waals surface area contributed by atoms with Crippen molar-refractivity contribution in [3.05, 3.63) is 47.0 Å². The van der Waals surface area contributed by atoms with E-state index in [-0.39, 0.29) is 12.0 Å². The number of amides is 1. The van der Waals surface area contributed by atoms with Crippen molar-refractivity contribution < 1.29 is 14.3 Å². The Labute approximate surface area is 254 Å². The number of hydrogen-bond donors (Lipinski definition) is 0. The lowest BCUT2D eigenvalue weighted by molar-refractivity contribution is -0.135. The van der Waals surface area contributed by atoms with E-state index in [1.54, 1.807) is 5.57 Å². The molecule has 42 heavy (non-hydrogen) atoms. The molecule has 0 bridgehead atoms. The van der Waals surface area contributed by atoms with Gasteiger partial charge in [0, 0.05) is 39.0 Å². The minimum atomic E-state index is 0.193. The van der Waals surface area contributed by atoms with E-state index in [2.05, 4.69) is 49.9 Å². The van der Waals surface area contributed by atoms with Crippen molar-refractivity contribution in [3.63, 3.8) is 0 Å². The van der Waals surface area contributed by atoms with E-state index >= 15 is 0 Å². The third-order valence-corrected chi connectivity index (χ3v) is 12.5. The maximum absolute atomic E-state index is 13.4. The molecule has 1 saturated heterocycles. The Balaban J connectivity index is 1.14. The molecule has 4 fully saturated rings. The number of piperidine rings is 1. The zero-order valence-corrected chi connectivity index (χ0v) is 26.7. The Hall–Kier alpha value is -1.98. The summed E-state index contributed by atoms with van der Waals surface area (Å²) in [5, 5.41) is 0. The molecule has 1 aromatic rings. The van der Waals surface area contributed by atoms with Gasteiger partial charge in [0.15, 0.2) is 0 Å².